The van der Waals surface area contributed by atoms with Crippen molar-refractivity contribution < 1.29 is 18.7 Å². The van der Waals surface area contributed by atoms with E-state index in [1.165, 1.54) is 0 Å². The van der Waals surface area contributed by atoms with Gasteiger partial charge in [-0.05, 0) is 54.4 Å². The Labute approximate surface area is 187 Å². The first-order chi connectivity index (χ1) is 15.0. The van der Waals surface area contributed by atoms with E-state index in [1.54, 1.807) is 55.6 Å². The second-order valence-corrected chi connectivity index (χ2v) is 7.91. The van der Waals surface area contributed by atoms with Gasteiger partial charge in [-0.15, -0.1) is 0 Å². The molecule has 5 nitrogen and oxygen atoms in total. The summed E-state index contributed by atoms with van der Waals surface area (Å²) in [7, 11) is 1.59. The summed E-state index contributed by atoms with van der Waals surface area (Å²) < 4.78 is 17.3. The standard InChI is InChI=1S/C25H19BrO5/c1-15-21-12-11-20(30-14-22(27)16-3-7-18(26)8-4-16)13-23(21)31-25(28)24(15)17-5-9-19(29-2)10-6-17/h3-13H,14H2,1-2H3. The third-order valence-electron chi connectivity index (χ3n) is 5.05. The van der Waals surface area contributed by atoms with Crippen molar-refractivity contribution in [2.75, 3.05) is 13.7 Å². The molecule has 31 heavy (non-hydrogen) atoms. The summed E-state index contributed by atoms with van der Waals surface area (Å²) in [4.78, 5) is 25.0. The van der Waals surface area contributed by atoms with Crippen LogP contribution in [0.4, 0.5) is 0 Å². The molecule has 1 aromatic heterocycles. The van der Waals surface area contributed by atoms with Crippen molar-refractivity contribution in [3.63, 3.8) is 0 Å². The fourth-order valence-electron chi connectivity index (χ4n) is 3.39. The van der Waals surface area contributed by atoms with Crippen molar-refractivity contribution in [1.82, 2.24) is 0 Å². The smallest absolute Gasteiger partial charge is 0.344 e. The van der Waals surface area contributed by atoms with Crippen molar-refractivity contribution in [2.24, 2.45) is 0 Å². The molecule has 1 heterocycles. The van der Waals surface area contributed by atoms with E-state index in [0.29, 0.717) is 28.2 Å². The maximum atomic E-state index is 12.7. The number of carbonyl (C=O) groups is 1. The molecule has 0 aliphatic heterocycles. The van der Waals surface area contributed by atoms with Crippen molar-refractivity contribution in [3.05, 3.63) is 92.7 Å². The van der Waals surface area contributed by atoms with Crippen molar-refractivity contribution in [3.8, 4) is 22.6 Å². The molecule has 4 aromatic rings. The Bertz CT molecular complexity index is 1310. The number of ether oxygens (including phenoxy) is 2. The molecular weight excluding hydrogens is 460 g/mol. The molecule has 0 unspecified atom stereocenters. The number of methoxy groups -OCH3 is 1. The highest BCUT2D eigenvalue weighted by molar-refractivity contribution is 9.10. The molecule has 0 aliphatic carbocycles. The number of carbonyl (C=O) groups excluding carboxylic acids is 1. The van der Waals surface area contributed by atoms with E-state index in [-0.39, 0.29) is 12.4 Å². The Kier molecular flexibility index (Phi) is 5.91. The lowest BCUT2D eigenvalue weighted by Gasteiger charge is -2.10. The lowest BCUT2D eigenvalue weighted by Crippen LogP contribution is -2.11. The van der Waals surface area contributed by atoms with Gasteiger partial charge in [-0.1, -0.05) is 40.2 Å². The highest BCUT2D eigenvalue weighted by atomic mass is 79.9. The molecule has 0 atom stereocenters. The van der Waals surface area contributed by atoms with Crippen LogP contribution < -0.4 is 15.1 Å². The molecule has 0 saturated carbocycles. The van der Waals surface area contributed by atoms with Crippen molar-refractivity contribution in [1.29, 1.82) is 0 Å². The third kappa shape index (κ3) is 4.39. The van der Waals surface area contributed by atoms with E-state index in [1.807, 2.05) is 25.1 Å². The molecule has 4 rings (SSSR count). The number of aryl methyl sites for hydroxylation is 1. The average molecular weight is 479 g/mol. The highest BCUT2D eigenvalue weighted by Gasteiger charge is 2.15. The van der Waals surface area contributed by atoms with E-state index in [0.717, 1.165) is 21.0 Å². The van der Waals surface area contributed by atoms with Crippen LogP contribution in [-0.4, -0.2) is 19.5 Å². The van der Waals surface area contributed by atoms with Gasteiger partial charge in [0.25, 0.3) is 0 Å². The molecule has 0 saturated heterocycles. The van der Waals surface area contributed by atoms with Gasteiger partial charge >= 0.3 is 5.63 Å². The summed E-state index contributed by atoms with van der Waals surface area (Å²) in [6.45, 7) is 1.77. The van der Waals surface area contributed by atoms with Crippen LogP contribution in [0.5, 0.6) is 11.5 Å². The fraction of sp³-hybridized carbons (Fsp3) is 0.120. The summed E-state index contributed by atoms with van der Waals surface area (Å²) >= 11 is 3.35. The Balaban J connectivity index is 1.60. The van der Waals surface area contributed by atoms with Gasteiger partial charge in [0, 0.05) is 21.5 Å². The second-order valence-electron chi connectivity index (χ2n) is 6.99. The molecule has 0 radical (unpaired) electrons. The first-order valence-electron chi connectivity index (χ1n) is 9.59. The van der Waals surface area contributed by atoms with Crippen LogP contribution in [0.25, 0.3) is 22.1 Å². The molecule has 0 aliphatic rings. The summed E-state index contributed by atoms with van der Waals surface area (Å²) in [5.41, 5.74) is 2.62. The van der Waals surface area contributed by atoms with Gasteiger partial charge < -0.3 is 13.9 Å². The Hall–Kier alpha value is -3.38. The van der Waals surface area contributed by atoms with Gasteiger partial charge in [0.1, 0.15) is 17.1 Å². The number of Topliss-reactive ketones (excluding diaryl/α,β-unsaturated/α-hetero) is 1. The zero-order valence-corrected chi connectivity index (χ0v) is 18.6. The maximum absolute atomic E-state index is 12.7. The normalized spacial score (nSPS) is 10.8. The summed E-state index contributed by atoms with van der Waals surface area (Å²) in [5.74, 6) is 1.03. The van der Waals surface area contributed by atoms with Gasteiger partial charge in [0.2, 0.25) is 0 Å². The Morgan fingerprint density at radius 1 is 0.968 bits per heavy atom. The number of fused-ring (bicyclic) bond motifs is 1. The number of ketones is 1. The number of benzene rings is 3. The number of halogens is 1. The van der Waals surface area contributed by atoms with E-state index in [2.05, 4.69) is 15.9 Å². The maximum Gasteiger partial charge on any atom is 0.344 e. The second kappa shape index (κ2) is 8.78. The lowest BCUT2D eigenvalue weighted by molar-refractivity contribution is 0.0921. The molecule has 0 bridgehead atoms. The SMILES string of the molecule is COc1ccc(-c2c(C)c3ccc(OCC(=O)c4ccc(Br)cc4)cc3oc2=O)cc1. The molecule has 3 aromatic carbocycles. The van der Waals surface area contributed by atoms with Crippen LogP contribution in [0.15, 0.2) is 80.4 Å². The van der Waals surface area contributed by atoms with E-state index in [9.17, 15) is 9.59 Å². The minimum atomic E-state index is -0.432. The molecule has 0 fully saturated rings. The number of rotatable bonds is 6. The molecule has 0 amide bonds. The largest absolute Gasteiger partial charge is 0.497 e. The van der Waals surface area contributed by atoms with Crippen molar-refractivity contribution >= 4 is 32.7 Å². The Morgan fingerprint density at radius 3 is 2.32 bits per heavy atom. The summed E-state index contributed by atoms with van der Waals surface area (Å²) in [6.07, 6.45) is 0. The van der Waals surface area contributed by atoms with E-state index < -0.39 is 5.63 Å². The van der Waals surface area contributed by atoms with Crippen LogP contribution in [0.1, 0.15) is 15.9 Å². The summed E-state index contributed by atoms with van der Waals surface area (Å²) in [6, 6.07) is 19.6. The minimum absolute atomic E-state index is 0.111. The number of hydrogen-bond acceptors (Lipinski definition) is 5. The molecule has 6 heteroatoms. The highest BCUT2D eigenvalue weighted by Crippen LogP contribution is 2.30. The van der Waals surface area contributed by atoms with Gasteiger partial charge in [-0.2, -0.15) is 0 Å². The van der Waals surface area contributed by atoms with E-state index >= 15 is 0 Å². The third-order valence-corrected chi connectivity index (χ3v) is 5.58. The van der Waals surface area contributed by atoms with Gasteiger partial charge in [0.05, 0.1) is 12.7 Å². The molecular formula is C25H19BrO5. The predicted molar refractivity (Wildman–Crippen MR) is 123 cm³/mol. The molecule has 156 valence electrons. The van der Waals surface area contributed by atoms with E-state index in [4.69, 9.17) is 13.9 Å². The zero-order valence-electron chi connectivity index (χ0n) is 17.0. The van der Waals surface area contributed by atoms with Crippen LogP contribution in [0, 0.1) is 6.92 Å². The Morgan fingerprint density at radius 2 is 1.65 bits per heavy atom. The minimum Gasteiger partial charge on any atom is -0.497 e. The van der Waals surface area contributed by atoms with Crippen LogP contribution in [-0.2, 0) is 0 Å². The predicted octanol–water partition coefficient (Wildman–Crippen LogP) is 5.80. The first-order valence-corrected chi connectivity index (χ1v) is 10.4. The molecule has 0 N–H and O–H groups in total. The fourth-order valence-corrected chi connectivity index (χ4v) is 3.65. The molecule has 0 spiro atoms. The van der Waals surface area contributed by atoms with Crippen LogP contribution in [0.2, 0.25) is 0 Å². The monoisotopic (exact) mass is 478 g/mol. The zero-order chi connectivity index (χ0) is 22.0. The van der Waals surface area contributed by atoms with Crippen LogP contribution >= 0.6 is 15.9 Å². The van der Waals surface area contributed by atoms with Gasteiger partial charge in [-0.3, -0.25) is 4.79 Å². The first kappa shape index (κ1) is 20.9. The van der Waals surface area contributed by atoms with Gasteiger partial charge in [-0.25, -0.2) is 4.79 Å². The van der Waals surface area contributed by atoms with Crippen LogP contribution in [0.3, 0.4) is 0 Å². The van der Waals surface area contributed by atoms with Crippen molar-refractivity contribution in [2.45, 2.75) is 6.92 Å². The quantitative estimate of drug-likeness (QED) is 0.258. The lowest BCUT2D eigenvalue weighted by atomic mass is 9.99. The topological polar surface area (TPSA) is 65.7 Å². The number of hydrogen-bond donors (Lipinski definition) is 0. The average Bonchev–Trinajstić information content (AvgIpc) is 2.78. The summed E-state index contributed by atoms with van der Waals surface area (Å²) in [5, 5.41) is 0.803. The van der Waals surface area contributed by atoms with Gasteiger partial charge in [0.15, 0.2) is 12.4 Å².